The Hall–Kier alpha value is -0.170. The van der Waals surface area contributed by atoms with Crippen molar-refractivity contribution < 1.29 is 13.2 Å². The predicted molar refractivity (Wildman–Crippen MR) is 49.8 cm³/mol. The van der Waals surface area contributed by atoms with Gasteiger partial charge in [0.2, 0.25) is 10.0 Å². The molecule has 0 unspecified atom stereocenters. The number of nitrogens with two attached hydrogens (primary N) is 1. The van der Waals surface area contributed by atoms with E-state index in [1.54, 1.807) is 0 Å². The van der Waals surface area contributed by atoms with E-state index in [0.717, 1.165) is 12.8 Å². The van der Waals surface area contributed by atoms with Gasteiger partial charge in [0.25, 0.3) is 0 Å². The summed E-state index contributed by atoms with van der Waals surface area (Å²) in [4.78, 5) is 0. The van der Waals surface area contributed by atoms with E-state index in [1.165, 1.54) is 0 Å². The van der Waals surface area contributed by atoms with Gasteiger partial charge < -0.3 is 10.5 Å². The third-order valence-corrected chi connectivity index (χ3v) is 3.42. The molecule has 0 bridgehead atoms. The minimum absolute atomic E-state index is 0.00432. The highest BCUT2D eigenvalue weighted by atomic mass is 32.2. The minimum Gasteiger partial charge on any atom is -0.381 e. The largest absolute Gasteiger partial charge is 0.381 e. The quantitative estimate of drug-likeness (QED) is 0.623. The maximum atomic E-state index is 11.3. The molecule has 0 radical (unpaired) electrons. The molecule has 0 spiro atoms. The molecule has 0 atom stereocenters. The Labute approximate surface area is 78.7 Å². The zero-order valence-electron chi connectivity index (χ0n) is 7.53. The molecule has 1 fully saturated rings. The second-order valence-electron chi connectivity index (χ2n) is 3.11. The van der Waals surface area contributed by atoms with Gasteiger partial charge in [-0.3, -0.25) is 0 Å². The summed E-state index contributed by atoms with van der Waals surface area (Å²) in [6.07, 6.45) is 1.51. The number of sulfonamides is 1. The van der Waals surface area contributed by atoms with Crippen molar-refractivity contribution in [3.05, 3.63) is 0 Å². The summed E-state index contributed by atoms with van der Waals surface area (Å²) < 4.78 is 30.3. The van der Waals surface area contributed by atoms with E-state index in [0.29, 0.717) is 13.2 Å². The van der Waals surface area contributed by atoms with Crippen molar-refractivity contribution in [1.29, 1.82) is 0 Å². The molecular weight excluding hydrogens is 192 g/mol. The van der Waals surface area contributed by atoms with E-state index >= 15 is 0 Å². The molecular formula is C7H16N2O3S. The molecule has 0 aromatic heterocycles. The molecule has 6 heteroatoms. The molecule has 0 saturated carbocycles. The van der Waals surface area contributed by atoms with Crippen LogP contribution in [0.4, 0.5) is 0 Å². The normalized spacial score (nSPS) is 20.4. The fourth-order valence-corrected chi connectivity index (χ4v) is 2.46. The van der Waals surface area contributed by atoms with Crippen LogP contribution in [0.5, 0.6) is 0 Å². The Morgan fingerprint density at radius 3 is 2.54 bits per heavy atom. The molecule has 0 aliphatic carbocycles. The maximum absolute atomic E-state index is 11.3. The van der Waals surface area contributed by atoms with Gasteiger partial charge >= 0.3 is 0 Å². The molecule has 1 rings (SSSR count). The molecule has 0 aromatic rings. The van der Waals surface area contributed by atoms with Gasteiger partial charge in [-0.2, -0.15) is 0 Å². The number of hydrogen-bond acceptors (Lipinski definition) is 4. The summed E-state index contributed by atoms with van der Waals surface area (Å²) in [6.45, 7) is 1.43. The Kier molecular flexibility index (Phi) is 4.11. The Morgan fingerprint density at radius 1 is 1.38 bits per heavy atom. The summed E-state index contributed by atoms with van der Waals surface area (Å²) in [6, 6.07) is 0.0327. The highest BCUT2D eigenvalue weighted by Gasteiger charge is 2.19. The van der Waals surface area contributed by atoms with Gasteiger partial charge in [-0.15, -0.1) is 0 Å². The van der Waals surface area contributed by atoms with Crippen LogP contribution in [0.2, 0.25) is 0 Å². The van der Waals surface area contributed by atoms with Crippen LogP contribution in [0.15, 0.2) is 0 Å². The highest BCUT2D eigenvalue weighted by molar-refractivity contribution is 7.89. The van der Waals surface area contributed by atoms with Crippen molar-refractivity contribution in [3.63, 3.8) is 0 Å². The van der Waals surface area contributed by atoms with E-state index in [-0.39, 0.29) is 18.3 Å². The standard InChI is InChI=1S/C7H16N2O3S/c8-3-6-13(10,11)9-7-1-4-12-5-2-7/h7,9H,1-6,8H2. The first kappa shape index (κ1) is 10.9. The molecule has 1 heterocycles. The Morgan fingerprint density at radius 2 is 2.00 bits per heavy atom. The maximum Gasteiger partial charge on any atom is 0.213 e. The van der Waals surface area contributed by atoms with E-state index in [9.17, 15) is 8.42 Å². The Balaban J connectivity index is 2.37. The number of hydrogen-bond donors (Lipinski definition) is 2. The second kappa shape index (κ2) is 4.90. The first-order chi connectivity index (χ1) is 6.14. The van der Waals surface area contributed by atoms with Crippen LogP contribution in [0, 0.1) is 0 Å². The lowest BCUT2D eigenvalue weighted by atomic mass is 10.1. The van der Waals surface area contributed by atoms with Crippen molar-refractivity contribution in [1.82, 2.24) is 4.72 Å². The topological polar surface area (TPSA) is 81.4 Å². The zero-order valence-corrected chi connectivity index (χ0v) is 8.35. The molecule has 13 heavy (non-hydrogen) atoms. The molecule has 1 aliphatic heterocycles. The smallest absolute Gasteiger partial charge is 0.213 e. The van der Waals surface area contributed by atoms with Gasteiger partial charge in [-0.05, 0) is 12.8 Å². The van der Waals surface area contributed by atoms with E-state index in [1.807, 2.05) is 0 Å². The van der Waals surface area contributed by atoms with Gasteiger partial charge in [0.1, 0.15) is 0 Å². The lowest BCUT2D eigenvalue weighted by Gasteiger charge is -2.22. The zero-order chi connectivity index (χ0) is 9.73. The minimum atomic E-state index is -3.16. The molecule has 1 aliphatic rings. The van der Waals surface area contributed by atoms with Gasteiger partial charge in [-0.25, -0.2) is 13.1 Å². The van der Waals surface area contributed by atoms with Gasteiger partial charge in [0.15, 0.2) is 0 Å². The second-order valence-corrected chi connectivity index (χ2v) is 4.99. The SMILES string of the molecule is NCCS(=O)(=O)NC1CCOCC1. The molecule has 5 nitrogen and oxygen atoms in total. The van der Waals surface area contributed by atoms with Crippen molar-refractivity contribution in [2.24, 2.45) is 5.73 Å². The molecule has 1 saturated heterocycles. The Bertz CT molecular complexity index is 234. The van der Waals surface area contributed by atoms with Crippen molar-refractivity contribution in [3.8, 4) is 0 Å². The first-order valence-corrected chi connectivity index (χ1v) is 6.07. The van der Waals surface area contributed by atoms with Gasteiger partial charge in [-0.1, -0.05) is 0 Å². The lowest BCUT2D eigenvalue weighted by Crippen LogP contribution is -2.41. The van der Waals surface area contributed by atoms with Gasteiger partial charge in [0.05, 0.1) is 5.75 Å². The van der Waals surface area contributed by atoms with Crippen LogP contribution >= 0.6 is 0 Å². The van der Waals surface area contributed by atoms with Crippen LogP contribution in [0.25, 0.3) is 0 Å². The van der Waals surface area contributed by atoms with Crippen LogP contribution in [0.1, 0.15) is 12.8 Å². The van der Waals surface area contributed by atoms with E-state index in [4.69, 9.17) is 10.5 Å². The summed E-state index contributed by atoms with van der Waals surface area (Å²) >= 11 is 0. The predicted octanol–water partition coefficient (Wildman–Crippen LogP) is -0.956. The average molecular weight is 208 g/mol. The fourth-order valence-electron chi connectivity index (χ4n) is 1.28. The van der Waals surface area contributed by atoms with E-state index in [2.05, 4.69) is 4.72 Å². The fraction of sp³-hybridized carbons (Fsp3) is 1.00. The monoisotopic (exact) mass is 208 g/mol. The highest BCUT2D eigenvalue weighted by Crippen LogP contribution is 2.07. The van der Waals surface area contributed by atoms with E-state index < -0.39 is 10.0 Å². The van der Waals surface area contributed by atoms with Crippen LogP contribution in [-0.4, -0.2) is 40.0 Å². The van der Waals surface area contributed by atoms with Crippen molar-refractivity contribution in [2.45, 2.75) is 18.9 Å². The molecule has 0 amide bonds. The third kappa shape index (κ3) is 4.04. The first-order valence-electron chi connectivity index (χ1n) is 4.42. The third-order valence-electron chi connectivity index (χ3n) is 1.95. The lowest BCUT2D eigenvalue weighted by molar-refractivity contribution is 0.0832. The summed E-state index contributed by atoms with van der Waals surface area (Å²) in [5, 5.41) is 0. The van der Waals surface area contributed by atoms with Crippen LogP contribution in [-0.2, 0) is 14.8 Å². The molecule has 3 N–H and O–H groups in total. The summed E-state index contributed by atoms with van der Waals surface area (Å²) in [5.41, 5.74) is 5.18. The van der Waals surface area contributed by atoms with Gasteiger partial charge in [0, 0.05) is 25.8 Å². The summed E-state index contributed by atoms with van der Waals surface area (Å²) in [5.74, 6) is 0.00432. The molecule has 78 valence electrons. The number of nitrogens with one attached hydrogen (secondary N) is 1. The van der Waals surface area contributed by atoms with Crippen molar-refractivity contribution >= 4 is 10.0 Å². The van der Waals surface area contributed by atoms with Crippen molar-refractivity contribution in [2.75, 3.05) is 25.5 Å². The number of ether oxygens (including phenoxy) is 1. The summed E-state index contributed by atoms with van der Waals surface area (Å²) in [7, 11) is -3.16. The van der Waals surface area contributed by atoms with Crippen LogP contribution < -0.4 is 10.5 Å². The number of rotatable bonds is 4. The average Bonchev–Trinajstić information content (AvgIpc) is 2.04. The van der Waals surface area contributed by atoms with Crippen LogP contribution in [0.3, 0.4) is 0 Å². The molecule has 0 aromatic carbocycles.